The van der Waals surface area contributed by atoms with Crippen molar-refractivity contribution in [1.29, 1.82) is 0 Å². The normalized spacial score (nSPS) is 25.1. The van der Waals surface area contributed by atoms with Crippen LogP contribution in [0.15, 0.2) is 18.2 Å². The van der Waals surface area contributed by atoms with Crippen molar-refractivity contribution >= 4 is 0 Å². The lowest BCUT2D eigenvalue weighted by Crippen LogP contribution is -2.24. The monoisotopic (exact) mass is 261 g/mol. The molecule has 0 spiro atoms. The standard InChI is InChI=1S/C17H27NO/c1-4-14-5-8-16(9-6-14)19-17-10-7-15(13(3)18)11-12(17)2/h7,10-11,13-14,16H,4-6,8-9,18H2,1-3H3/t13-,14?,16?/m1/s1. The van der Waals surface area contributed by atoms with Crippen LogP contribution in [0.4, 0.5) is 0 Å². The lowest BCUT2D eigenvalue weighted by molar-refractivity contribution is 0.129. The second-order valence-electron chi connectivity index (χ2n) is 5.98. The fourth-order valence-electron chi connectivity index (χ4n) is 2.93. The molecule has 1 saturated carbocycles. The molecule has 0 saturated heterocycles. The third-order valence-corrected chi connectivity index (χ3v) is 4.39. The molecule has 2 nitrogen and oxygen atoms in total. The zero-order valence-electron chi connectivity index (χ0n) is 12.5. The summed E-state index contributed by atoms with van der Waals surface area (Å²) in [7, 11) is 0. The number of rotatable bonds is 4. The molecule has 0 bridgehead atoms. The Kier molecular flexibility index (Phi) is 4.87. The van der Waals surface area contributed by atoms with Crippen LogP contribution in [-0.4, -0.2) is 6.10 Å². The molecule has 2 rings (SSSR count). The van der Waals surface area contributed by atoms with Crippen molar-refractivity contribution in [1.82, 2.24) is 0 Å². The van der Waals surface area contributed by atoms with Crippen LogP contribution in [0.3, 0.4) is 0 Å². The van der Waals surface area contributed by atoms with Gasteiger partial charge >= 0.3 is 0 Å². The summed E-state index contributed by atoms with van der Waals surface area (Å²) in [6.45, 7) is 6.42. The largest absolute Gasteiger partial charge is 0.490 e. The van der Waals surface area contributed by atoms with E-state index in [1.54, 1.807) is 0 Å². The summed E-state index contributed by atoms with van der Waals surface area (Å²) in [6.07, 6.45) is 6.76. The maximum atomic E-state index is 6.17. The Labute approximate surface area is 117 Å². The van der Waals surface area contributed by atoms with Crippen LogP contribution in [0.25, 0.3) is 0 Å². The first-order valence-corrected chi connectivity index (χ1v) is 7.63. The predicted octanol–water partition coefficient (Wildman–Crippen LogP) is 4.36. The highest BCUT2D eigenvalue weighted by Crippen LogP contribution is 2.31. The average Bonchev–Trinajstić information content (AvgIpc) is 2.41. The Hall–Kier alpha value is -1.02. The van der Waals surface area contributed by atoms with Gasteiger partial charge in [0.1, 0.15) is 5.75 Å². The summed E-state index contributed by atoms with van der Waals surface area (Å²) in [5.41, 5.74) is 8.29. The van der Waals surface area contributed by atoms with E-state index < -0.39 is 0 Å². The highest BCUT2D eigenvalue weighted by molar-refractivity contribution is 5.37. The molecule has 1 aromatic carbocycles. The van der Waals surface area contributed by atoms with Crippen LogP contribution in [-0.2, 0) is 0 Å². The molecule has 2 heteroatoms. The number of aryl methyl sites for hydroxylation is 1. The van der Waals surface area contributed by atoms with Gasteiger partial charge in [-0.3, -0.25) is 0 Å². The van der Waals surface area contributed by atoms with E-state index in [0.29, 0.717) is 6.10 Å². The molecule has 0 heterocycles. The maximum Gasteiger partial charge on any atom is 0.122 e. The van der Waals surface area contributed by atoms with Gasteiger partial charge in [-0.15, -0.1) is 0 Å². The van der Waals surface area contributed by atoms with Gasteiger partial charge in [0.15, 0.2) is 0 Å². The van der Waals surface area contributed by atoms with Gasteiger partial charge in [-0.05, 0) is 62.6 Å². The van der Waals surface area contributed by atoms with Crippen LogP contribution in [0.1, 0.15) is 63.1 Å². The van der Waals surface area contributed by atoms with Crippen LogP contribution >= 0.6 is 0 Å². The van der Waals surface area contributed by atoms with Gasteiger partial charge in [0, 0.05) is 6.04 Å². The SMILES string of the molecule is CCC1CCC(Oc2ccc([C@@H](C)N)cc2C)CC1. The molecule has 0 radical (unpaired) electrons. The minimum Gasteiger partial charge on any atom is -0.490 e. The van der Waals surface area contributed by atoms with Crippen LogP contribution < -0.4 is 10.5 Å². The van der Waals surface area contributed by atoms with E-state index in [4.69, 9.17) is 10.5 Å². The van der Waals surface area contributed by atoms with Crippen molar-refractivity contribution in [2.24, 2.45) is 11.7 Å². The van der Waals surface area contributed by atoms with Crippen molar-refractivity contribution in [3.05, 3.63) is 29.3 Å². The molecule has 19 heavy (non-hydrogen) atoms. The van der Waals surface area contributed by atoms with Gasteiger partial charge in [-0.1, -0.05) is 25.5 Å². The van der Waals surface area contributed by atoms with Gasteiger partial charge in [-0.2, -0.15) is 0 Å². The van der Waals surface area contributed by atoms with Crippen LogP contribution in [0.5, 0.6) is 5.75 Å². The van der Waals surface area contributed by atoms with Gasteiger partial charge in [0.05, 0.1) is 6.10 Å². The lowest BCUT2D eigenvalue weighted by Gasteiger charge is -2.29. The Morgan fingerprint density at radius 2 is 1.95 bits per heavy atom. The van der Waals surface area contributed by atoms with Crippen molar-refractivity contribution in [3.8, 4) is 5.75 Å². The summed E-state index contributed by atoms with van der Waals surface area (Å²) in [5.74, 6) is 1.95. The van der Waals surface area contributed by atoms with Gasteiger partial charge in [-0.25, -0.2) is 0 Å². The number of nitrogens with two attached hydrogens (primary N) is 1. The van der Waals surface area contributed by atoms with Gasteiger partial charge < -0.3 is 10.5 Å². The number of ether oxygens (including phenoxy) is 1. The minimum absolute atomic E-state index is 0.0905. The average molecular weight is 261 g/mol. The molecule has 106 valence electrons. The maximum absolute atomic E-state index is 6.17. The quantitative estimate of drug-likeness (QED) is 0.874. The second-order valence-corrected chi connectivity index (χ2v) is 5.98. The molecule has 2 N–H and O–H groups in total. The molecular formula is C17H27NO. The van der Waals surface area contributed by atoms with E-state index in [9.17, 15) is 0 Å². The summed E-state index contributed by atoms with van der Waals surface area (Å²) in [4.78, 5) is 0. The third kappa shape index (κ3) is 3.73. The van der Waals surface area contributed by atoms with Crippen LogP contribution in [0, 0.1) is 12.8 Å². The van der Waals surface area contributed by atoms with Crippen molar-refractivity contribution in [2.45, 2.75) is 65.0 Å². The van der Waals surface area contributed by atoms with E-state index >= 15 is 0 Å². The minimum atomic E-state index is 0.0905. The third-order valence-electron chi connectivity index (χ3n) is 4.39. The topological polar surface area (TPSA) is 35.2 Å². The molecular weight excluding hydrogens is 234 g/mol. The number of hydrogen-bond donors (Lipinski definition) is 1. The zero-order valence-corrected chi connectivity index (χ0v) is 12.5. The Morgan fingerprint density at radius 3 is 2.47 bits per heavy atom. The Morgan fingerprint density at radius 1 is 1.26 bits per heavy atom. The highest BCUT2D eigenvalue weighted by Gasteiger charge is 2.21. The summed E-state index contributed by atoms with van der Waals surface area (Å²) in [6, 6.07) is 6.41. The highest BCUT2D eigenvalue weighted by atomic mass is 16.5. The molecule has 1 aromatic rings. The van der Waals surface area contributed by atoms with E-state index in [0.717, 1.165) is 11.7 Å². The van der Waals surface area contributed by atoms with E-state index in [-0.39, 0.29) is 6.04 Å². The van der Waals surface area contributed by atoms with Crippen molar-refractivity contribution in [2.75, 3.05) is 0 Å². The first kappa shape index (κ1) is 14.4. The number of hydrogen-bond acceptors (Lipinski definition) is 2. The molecule has 0 unspecified atom stereocenters. The van der Waals surface area contributed by atoms with Crippen molar-refractivity contribution < 1.29 is 4.74 Å². The van der Waals surface area contributed by atoms with Gasteiger partial charge in [0.2, 0.25) is 0 Å². The molecule has 1 atom stereocenters. The first-order chi connectivity index (χ1) is 9.10. The fourth-order valence-corrected chi connectivity index (χ4v) is 2.93. The van der Waals surface area contributed by atoms with Crippen molar-refractivity contribution in [3.63, 3.8) is 0 Å². The molecule has 0 aliphatic heterocycles. The summed E-state index contributed by atoms with van der Waals surface area (Å²) < 4.78 is 6.17. The predicted molar refractivity (Wildman–Crippen MR) is 80.4 cm³/mol. The lowest BCUT2D eigenvalue weighted by atomic mass is 9.86. The Balaban J connectivity index is 1.96. The van der Waals surface area contributed by atoms with Crippen LogP contribution in [0.2, 0.25) is 0 Å². The number of benzene rings is 1. The van der Waals surface area contributed by atoms with E-state index in [1.807, 2.05) is 6.92 Å². The zero-order chi connectivity index (χ0) is 13.8. The molecule has 1 aliphatic carbocycles. The van der Waals surface area contributed by atoms with E-state index in [2.05, 4.69) is 32.0 Å². The fraction of sp³-hybridized carbons (Fsp3) is 0.647. The summed E-state index contributed by atoms with van der Waals surface area (Å²) >= 11 is 0. The van der Waals surface area contributed by atoms with E-state index in [1.165, 1.54) is 43.2 Å². The Bertz CT molecular complexity index is 406. The summed E-state index contributed by atoms with van der Waals surface area (Å²) in [5, 5.41) is 0. The van der Waals surface area contributed by atoms with Gasteiger partial charge in [0.25, 0.3) is 0 Å². The molecule has 1 aliphatic rings. The molecule has 1 fully saturated rings. The molecule has 0 amide bonds. The second kappa shape index (κ2) is 6.42. The molecule has 0 aromatic heterocycles. The first-order valence-electron chi connectivity index (χ1n) is 7.63. The smallest absolute Gasteiger partial charge is 0.122 e.